The van der Waals surface area contributed by atoms with Gasteiger partial charge in [-0.15, -0.1) is 11.3 Å². The molecule has 0 radical (unpaired) electrons. The van der Waals surface area contributed by atoms with Crippen LogP contribution >= 0.6 is 11.3 Å². The Morgan fingerprint density at radius 1 is 1.38 bits per heavy atom. The number of nitrogens with one attached hydrogen (secondary N) is 1. The van der Waals surface area contributed by atoms with Gasteiger partial charge in [0.15, 0.2) is 5.01 Å². The number of alkyl halides is 3. The van der Waals surface area contributed by atoms with Crippen LogP contribution in [0.5, 0.6) is 0 Å². The summed E-state index contributed by atoms with van der Waals surface area (Å²) >= 11 is 0.684. The summed E-state index contributed by atoms with van der Waals surface area (Å²) in [7, 11) is 3.59. The standard InChI is InChI=1S/C13H17F3N4S/c1-7-9(8(2)20(4)19-7)5-10(17-3)11-6-18-12(21-11)13(14,15)16/h6,10,17H,5H2,1-4H3. The summed E-state index contributed by atoms with van der Waals surface area (Å²) in [6.45, 7) is 3.86. The van der Waals surface area contributed by atoms with Gasteiger partial charge in [-0.05, 0) is 32.9 Å². The Balaban J connectivity index is 2.26. The van der Waals surface area contributed by atoms with Gasteiger partial charge in [-0.2, -0.15) is 18.3 Å². The predicted molar refractivity (Wildman–Crippen MR) is 75.3 cm³/mol. The van der Waals surface area contributed by atoms with E-state index in [0.29, 0.717) is 22.6 Å². The van der Waals surface area contributed by atoms with Gasteiger partial charge in [-0.3, -0.25) is 4.68 Å². The molecule has 8 heteroatoms. The average Bonchev–Trinajstić information content (AvgIpc) is 2.95. The smallest absolute Gasteiger partial charge is 0.312 e. The molecule has 0 aliphatic rings. The minimum absolute atomic E-state index is 0.208. The Bertz CT molecular complexity index is 630. The van der Waals surface area contributed by atoms with Crippen LogP contribution < -0.4 is 5.32 Å². The second-order valence-corrected chi connectivity index (χ2v) is 5.95. The van der Waals surface area contributed by atoms with Crippen molar-refractivity contribution in [2.24, 2.45) is 7.05 Å². The lowest BCUT2D eigenvalue weighted by Gasteiger charge is -2.14. The van der Waals surface area contributed by atoms with Crippen LogP contribution in [0, 0.1) is 13.8 Å². The van der Waals surface area contributed by atoms with Crippen LogP contribution in [-0.2, 0) is 19.6 Å². The van der Waals surface area contributed by atoms with E-state index in [-0.39, 0.29) is 6.04 Å². The molecule has 1 N–H and O–H groups in total. The third-order valence-corrected chi connectivity index (χ3v) is 4.68. The largest absolute Gasteiger partial charge is 0.443 e. The Kier molecular flexibility index (Phi) is 4.38. The molecule has 0 aromatic carbocycles. The molecule has 2 aromatic heterocycles. The van der Waals surface area contributed by atoms with Crippen LogP contribution in [0.15, 0.2) is 6.20 Å². The summed E-state index contributed by atoms with van der Waals surface area (Å²) in [6, 6.07) is -0.208. The third-order valence-electron chi connectivity index (χ3n) is 3.53. The third kappa shape index (κ3) is 3.26. The first-order valence-electron chi connectivity index (χ1n) is 6.43. The Labute approximate surface area is 125 Å². The molecule has 21 heavy (non-hydrogen) atoms. The number of halogens is 3. The van der Waals surface area contributed by atoms with E-state index in [1.165, 1.54) is 6.20 Å². The second kappa shape index (κ2) is 5.76. The summed E-state index contributed by atoms with van der Waals surface area (Å²) in [6.07, 6.45) is -2.50. The first-order valence-corrected chi connectivity index (χ1v) is 7.25. The lowest BCUT2D eigenvalue weighted by Crippen LogP contribution is -2.18. The van der Waals surface area contributed by atoms with E-state index in [1.54, 1.807) is 11.7 Å². The Morgan fingerprint density at radius 3 is 2.48 bits per heavy atom. The van der Waals surface area contributed by atoms with Gasteiger partial charge < -0.3 is 5.32 Å². The molecule has 1 atom stereocenters. The lowest BCUT2D eigenvalue weighted by atomic mass is 10.0. The van der Waals surface area contributed by atoms with Gasteiger partial charge >= 0.3 is 6.18 Å². The second-order valence-electron chi connectivity index (χ2n) is 4.88. The number of thiazole rings is 1. The number of rotatable bonds is 4. The lowest BCUT2D eigenvalue weighted by molar-refractivity contribution is -0.137. The molecule has 0 aliphatic carbocycles. The quantitative estimate of drug-likeness (QED) is 0.942. The van der Waals surface area contributed by atoms with Gasteiger partial charge in [-0.1, -0.05) is 0 Å². The molecule has 1 unspecified atom stereocenters. The molecule has 0 amide bonds. The van der Waals surface area contributed by atoms with Crippen molar-refractivity contribution in [1.82, 2.24) is 20.1 Å². The van der Waals surface area contributed by atoms with Crippen LogP contribution in [0.2, 0.25) is 0 Å². The van der Waals surface area contributed by atoms with Crippen LogP contribution in [0.4, 0.5) is 13.2 Å². The molecular formula is C13H17F3N4S. The van der Waals surface area contributed by atoms with Gasteiger partial charge in [-0.25, -0.2) is 4.98 Å². The monoisotopic (exact) mass is 318 g/mol. The van der Waals surface area contributed by atoms with Crippen molar-refractivity contribution in [3.63, 3.8) is 0 Å². The molecule has 4 nitrogen and oxygen atoms in total. The van der Waals surface area contributed by atoms with Crippen LogP contribution in [0.25, 0.3) is 0 Å². The molecule has 0 saturated heterocycles. The zero-order valence-electron chi connectivity index (χ0n) is 12.2. The van der Waals surface area contributed by atoms with E-state index in [1.807, 2.05) is 20.9 Å². The molecule has 2 aromatic rings. The minimum atomic E-state index is -4.39. The zero-order chi connectivity index (χ0) is 15.8. The van der Waals surface area contributed by atoms with E-state index in [2.05, 4.69) is 15.4 Å². The maximum absolute atomic E-state index is 12.6. The van der Waals surface area contributed by atoms with Gasteiger partial charge in [0.2, 0.25) is 0 Å². The van der Waals surface area contributed by atoms with Crippen molar-refractivity contribution in [3.05, 3.63) is 33.0 Å². The molecule has 0 bridgehead atoms. The van der Waals surface area contributed by atoms with Gasteiger partial charge in [0.25, 0.3) is 0 Å². The fourth-order valence-corrected chi connectivity index (χ4v) is 3.13. The van der Waals surface area contributed by atoms with Crippen LogP contribution in [0.3, 0.4) is 0 Å². The van der Waals surface area contributed by atoms with Crippen molar-refractivity contribution in [2.75, 3.05) is 7.05 Å². The van der Waals surface area contributed by atoms with Crippen molar-refractivity contribution in [1.29, 1.82) is 0 Å². The van der Waals surface area contributed by atoms with E-state index in [0.717, 1.165) is 17.0 Å². The summed E-state index contributed by atoms with van der Waals surface area (Å²) in [5.74, 6) is 0. The van der Waals surface area contributed by atoms with Crippen LogP contribution in [-0.4, -0.2) is 21.8 Å². The van der Waals surface area contributed by atoms with Crippen molar-refractivity contribution < 1.29 is 13.2 Å². The molecule has 0 spiro atoms. The van der Waals surface area contributed by atoms with Crippen molar-refractivity contribution in [3.8, 4) is 0 Å². The molecule has 0 fully saturated rings. The van der Waals surface area contributed by atoms with Crippen molar-refractivity contribution >= 4 is 11.3 Å². The topological polar surface area (TPSA) is 42.7 Å². The number of aromatic nitrogens is 3. The van der Waals surface area contributed by atoms with E-state index >= 15 is 0 Å². The highest BCUT2D eigenvalue weighted by Crippen LogP contribution is 2.35. The van der Waals surface area contributed by atoms with Crippen LogP contribution in [0.1, 0.15) is 32.9 Å². The molecule has 2 heterocycles. The maximum Gasteiger partial charge on any atom is 0.443 e. The number of hydrogen-bond acceptors (Lipinski definition) is 4. The zero-order valence-corrected chi connectivity index (χ0v) is 13.1. The number of hydrogen-bond donors (Lipinski definition) is 1. The average molecular weight is 318 g/mol. The van der Waals surface area contributed by atoms with Crippen molar-refractivity contribution in [2.45, 2.75) is 32.5 Å². The minimum Gasteiger partial charge on any atom is -0.312 e. The highest BCUT2D eigenvalue weighted by atomic mass is 32.1. The fourth-order valence-electron chi connectivity index (χ4n) is 2.24. The number of aryl methyl sites for hydroxylation is 2. The fraction of sp³-hybridized carbons (Fsp3) is 0.538. The summed E-state index contributed by atoms with van der Waals surface area (Å²) in [5.41, 5.74) is 2.97. The molecular weight excluding hydrogens is 301 g/mol. The van der Waals surface area contributed by atoms with E-state index in [4.69, 9.17) is 0 Å². The Hall–Kier alpha value is -1.41. The normalized spacial score (nSPS) is 13.7. The molecule has 0 saturated carbocycles. The molecule has 116 valence electrons. The SMILES string of the molecule is CNC(Cc1c(C)nn(C)c1C)c1cnc(C(F)(F)F)s1. The number of nitrogens with zero attached hydrogens (tertiary/aromatic N) is 3. The molecule has 0 aliphatic heterocycles. The highest BCUT2D eigenvalue weighted by molar-refractivity contribution is 7.11. The predicted octanol–water partition coefficient (Wildman–Crippen LogP) is 3.02. The summed E-state index contributed by atoms with van der Waals surface area (Å²) in [4.78, 5) is 4.06. The van der Waals surface area contributed by atoms with Gasteiger partial charge in [0.1, 0.15) is 0 Å². The highest BCUT2D eigenvalue weighted by Gasteiger charge is 2.35. The molecule has 2 rings (SSSR count). The van der Waals surface area contributed by atoms with Gasteiger partial charge in [0.05, 0.1) is 5.69 Å². The van der Waals surface area contributed by atoms with E-state index < -0.39 is 11.2 Å². The Morgan fingerprint density at radius 2 is 2.05 bits per heavy atom. The number of likely N-dealkylation sites (N-methyl/N-ethyl adjacent to an activating group) is 1. The summed E-state index contributed by atoms with van der Waals surface area (Å²) < 4.78 is 39.7. The first kappa shape index (κ1) is 16.0. The first-order chi connectivity index (χ1) is 9.74. The summed E-state index contributed by atoms with van der Waals surface area (Å²) in [5, 5.41) is 6.59. The van der Waals surface area contributed by atoms with Gasteiger partial charge in [0, 0.05) is 29.9 Å². The van der Waals surface area contributed by atoms with E-state index in [9.17, 15) is 13.2 Å². The maximum atomic E-state index is 12.6.